The number of anilines is 1. The first-order chi connectivity index (χ1) is 17.1. The fourth-order valence-electron chi connectivity index (χ4n) is 5.37. The maximum absolute atomic E-state index is 13.8. The van der Waals surface area contributed by atoms with Crippen molar-refractivity contribution in [1.82, 2.24) is 4.57 Å². The molecule has 0 saturated heterocycles. The van der Waals surface area contributed by atoms with Gasteiger partial charge in [0, 0.05) is 41.0 Å². The number of rotatable bonds is 4. The molecule has 2 aromatic heterocycles. The van der Waals surface area contributed by atoms with Gasteiger partial charge in [-0.25, -0.2) is 0 Å². The lowest BCUT2D eigenvalue weighted by Gasteiger charge is -2.44. The second-order valence-corrected chi connectivity index (χ2v) is 11.2. The number of allylic oxidation sites excluding steroid dienone is 3. The van der Waals surface area contributed by atoms with Gasteiger partial charge in [0.25, 0.3) is 5.69 Å². The van der Waals surface area contributed by atoms with E-state index < -0.39 is 10.8 Å². The first-order valence-electron chi connectivity index (χ1n) is 11.8. The standard InChI is InChI=1S/C28H26N4O3S/c1-17-7-8-20(21(13-17)32(34)35)31-22-14-28(3,4)15-23(33)25(22)24(26-18(2)9-12-36-26)19(16-29)27(31)30-10-5-6-11-30/h5-13,24H,14-15H2,1-4H3. The number of nitro groups is 1. The predicted octanol–water partition coefficient (Wildman–Crippen LogP) is 6.71. The summed E-state index contributed by atoms with van der Waals surface area (Å²) in [4.78, 5) is 28.4. The van der Waals surface area contributed by atoms with Gasteiger partial charge in [0.1, 0.15) is 11.5 Å². The van der Waals surface area contributed by atoms with Crippen molar-refractivity contribution in [2.45, 2.75) is 46.5 Å². The highest BCUT2D eigenvalue weighted by atomic mass is 32.1. The number of aromatic nitrogens is 1. The van der Waals surface area contributed by atoms with Gasteiger partial charge in [-0.2, -0.15) is 5.26 Å². The zero-order valence-corrected chi connectivity index (χ0v) is 21.4. The summed E-state index contributed by atoms with van der Waals surface area (Å²) >= 11 is 1.53. The van der Waals surface area contributed by atoms with Crippen LogP contribution in [0.25, 0.3) is 5.82 Å². The van der Waals surface area contributed by atoms with Crippen LogP contribution in [-0.4, -0.2) is 15.3 Å². The molecule has 7 nitrogen and oxygen atoms in total. The van der Waals surface area contributed by atoms with Crippen LogP contribution in [0, 0.1) is 40.7 Å². The van der Waals surface area contributed by atoms with E-state index in [4.69, 9.17) is 0 Å². The Morgan fingerprint density at radius 1 is 1.17 bits per heavy atom. The van der Waals surface area contributed by atoms with Gasteiger partial charge in [-0.3, -0.25) is 19.8 Å². The van der Waals surface area contributed by atoms with Gasteiger partial charge in [-0.05, 0) is 66.5 Å². The van der Waals surface area contributed by atoms with Gasteiger partial charge in [-0.15, -0.1) is 11.3 Å². The largest absolute Gasteiger partial charge is 0.309 e. The average molecular weight is 499 g/mol. The van der Waals surface area contributed by atoms with Crippen LogP contribution in [0.2, 0.25) is 0 Å². The number of nitriles is 1. The molecule has 0 bridgehead atoms. The van der Waals surface area contributed by atoms with Crippen molar-refractivity contribution in [3.05, 3.63) is 97.1 Å². The maximum atomic E-state index is 13.8. The van der Waals surface area contributed by atoms with Crippen LogP contribution in [0.5, 0.6) is 0 Å². The van der Waals surface area contributed by atoms with E-state index in [0.717, 1.165) is 21.7 Å². The minimum atomic E-state index is -0.522. The van der Waals surface area contributed by atoms with Crippen LogP contribution in [0.15, 0.2) is 71.0 Å². The van der Waals surface area contributed by atoms with Crippen LogP contribution < -0.4 is 4.90 Å². The van der Waals surface area contributed by atoms with Gasteiger partial charge in [0.15, 0.2) is 5.78 Å². The summed E-state index contributed by atoms with van der Waals surface area (Å²) in [5, 5.41) is 24.8. The zero-order chi connectivity index (χ0) is 25.8. The quantitative estimate of drug-likeness (QED) is 0.294. The molecule has 0 saturated carbocycles. The molecule has 0 spiro atoms. The number of hydrogen-bond acceptors (Lipinski definition) is 6. The Kier molecular flexibility index (Phi) is 5.68. The number of benzene rings is 1. The molecule has 0 amide bonds. The Morgan fingerprint density at radius 3 is 2.50 bits per heavy atom. The monoisotopic (exact) mass is 498 g/mol. The van der Waals surface area contributed by atoms with Gasteiger partial charge in [0.2, 0.25) is 0 Å². The number of thiophene rings is 1. The molecule has 182 valence electrons. The Bertz CT molecular complexity index is 1500. The Hall–Kier alpha value is -3.96. The Balaban J connectivity index is 1.92. The van der Waals surface area contributed by atoms with Crippen molar-refractivity contribution < 1.29 is 9.72 Å². The third-order valence-corrected chi connectivity index (χ3v) is 7.98. The fourth-order valence-corrected chi connectivity index (χ4v) is 6.41. The topological polar surface area (TPSA) is 92.2 Å². The van der Waals surface area contributed by atoms with Crippen molar-refractivity contribution >= 4 is 34.3 Å². The first kappa shape index (κ1) is 23.8. The summed E-state index contributed by atoms with van der Waals surface area (Å²) in [7, 11) is 0. The molecule has 0 fully saturated rings. The Morgan fingerprint density at radius 2 is 1.89 bits per heavy atom. The number of Topliss-reactive ketones (excluding diaryl/α,β-unsaturated/α-hetero) is 1. The van der Waals surface area contributed by atoms with Crippen LogP contribution in [0.3, 0.4) is 0 Å². The molecule has 3 aromatic rings. The van der Waals surface area contributed by atoms with E-state index in [1.54, 1.807) is 17.0 Å². The van der Waals surface area contributed by atoms with Crippen molar-refractivity contribution in [3.63, 3.8) is 0 Å². The van der Waals surface area contributed by atoms with E-state index in [-0.39, 0.29) is 16.9 Å². The smallest absolute Gasteiger partial charge is 0.293 e. The van der Waals surface area contributed by atoms with E-state index >= 15 is 0 Å². The molecule has 1 aliphatic carbocycles. The lowest BCUT2D eigenvalue weighted by molar-refractivity contribution is -0.384. The summed E-state index contributed by atoms with van der Waals surface area (Å²) in [6.07, 6.45) is 4.57. The van der Waals surface area contributed by atoms with E-state index in [0.29, 0.717) is 35.5 Å². The third-order valence-electron chi connectivity index (χ3n) is 6.90. The van der Waals surface area contributed by atoms with E-state index in [2.05, 4.69) is 6.07 Å². The molecule has 0 radical (unpaired) electrons. The molecule has 3 heterocycles. The van der Waals surface area contributed by atoms with Crippen molar-refractivity contribution in [3.8, 4) is 6.07 Å². The van der Waals surface area contributed by atoms with Crippen LogP contribution in [-0.2, 0) is 4.79 Å². The number of nitro benzene ring substituents is 1. The molecule has 0 N–H and O–H groups in total. The maximum Gasteiger partial charge on any atom is 0.293 e. The summed E-state index contributed by atoms with van der Waals surface area (Å²) in [5.74, 6) is -0.0126. The third kappa shape index (κ3) is 3.76. The fraction of sp³-hybridized carbons (Fsp3) is 0.286. The minimum absolute atomic E-state index is 0.0156. The molecule has 1 aliphatic heterocycles. The average Bonchev–Trinajstić information content (AvgIpc) is 3.49. The van der Waals surface area contributed by atoms with Crippen LogP contribution in [0.1, 0.15) is 48.6 Å². The highest BCUT2D eigenvalue weighted by Gasteiger charge is 2.47. The molecule has 36 heavy (non-hydrogen) atoms. The molecule has 5 rings (SSSR count). The number of carbonyl (C=O) groups excluding carboxylic acids is 1. The predicted molar refractivity (Wildman–Crippen MR) is 140 cm³/mol. The lowest BCUT2D eigenvalue weighted by Crippen LogP contribution is -2.40. The van der Waals surface area contributed by atoms with Gasteiger partial charge in [0.05, 0.1) is 22.5 Å². The van der Waals surface area contributed by atoms with E-state index in [1.165, 1.54) is 11.3 Å². The number of nitrogens with zero attached hydrogens (tertiary/aromatic N) is 4. The van der Waals surface area contributed by atoms with Gasteiger partial charge in [-0.1, -0.05) is 19.9 Å². The summed E-state index contributed by atoms with van der Waals surface area (Å²) in [6, 6.07) is 13.2. The normalized spacial score (nSPS) is 19.4. The van der Waals surface area contributed by atoms with Crippen LogP contribution >= 0.6 is 11.3 Å². The van der Waals surface area contributed by atoms with Crippen molar-refractivity contribution in [2.24, 2.45) is 5.41 Å². The van der Waals surface area contributed by atoms with E-state index in [1.807, 2.05) is 74.3 Å². The number of ketones is 1. The Labute approximate surface area is 213 Å². The number of hydrogen-bond donors (Lipinski definition) is 0. The van der Waals surface area contributed by atoms with Crippen LogP contribution in [0.4, 0.5) is 11.4 Å². The second-order valence-electron chi connectivity index (χ2n) is 10.2. The second kappa shape index (κ2) is 8.61. The molecular weight excluding hydrogens is 472 g/mol. The molecule has 1 unspecified atom stereocenters. The first-order valence-corrected chi connectivity index (χ1v) is 12.6. The molecule has 1 atom stereocenters. The highest BCUT2D eigenvalue weighted by Crippen LogP contribution is 2.54. The molecule has 8 heteroatoms. The molecule has 2 aliphatic rings. The van der Waals surface area contributed by atoms with Gasteiger partial charge < -0.3 is 4.57 Å². The summed E-state index contributed by atoms with van der Waals surface area (Å²) in [5.41, 5.74) is 3.42. The summed E-state index contributed by atoms with van der Waals surface area (Å²) < 4.78 is 1.83. The molecule has 1 aromatic carbocycles. The number of aryl methyl sites for hydroxylation is 2. The highest BCUT2D eigenvalue weighted by molar-refractivity contribution is 7.10. The SMILES string of the molecule is Cc1ccc(N2C3=C(C(=O)CC(C)(C)C3)C(c3sccc3C)C(C#N)=C2n2cccc2)c([N+](=O)[O-])c1. The van der Waals surface area contributed by atoms with Crippen molar-refractivity contribution in [1.29, 1.82) is 5.26 Å². The number of carbonyl (C=O) groups is 1. The lowest BCUT2D eigenvalue weighted by atomic mass is 9.69. The van der Waals surface area contributed by atoms with E-state index in [9.17, 15) is 20.2 Å². The minimum Gasteiger partial charge on any atom is -0.309 e. The van der Waals surface area contributed by atoms with Crippen molar-refractivity contribution in [2.75, 3.05) is 4.90 Å². The zero-order valence-electron chi connectivity index (χ0n) is 20.6. The molecular formula is C28H26N4O3S. The summed E-state index contributed by atoms with van der Waals surface area (Å²) in [6.45, 7) is 7.89. The van der Waals surface area contributed by atoms with Gasteiger partial charge >= 0.3 is 0 Å².